The third-order valence-electron chi connectivity index (χ3n) is 5.83. The SMILES string of the molecule is COc1ccc(C(=O)N2c3cc(CNS(=O)(=O)c4cc(F)ccc4C)ccc3C[C@H]2C)cc1. The molecule has 172 valence electrons. The fraction of sp³-hybridized carbons (Fsp3) is 0.240. The third kappa shape index (κ3) is 4.62. The van der Waals surface area contributed by atoms with Gasteiger partial charge in [0.25, 0.3) is 5.91 Å². The van der Waals surface area contributed by atoms with E-state index in [2.05, 4.69) is 4.72 Å². The second-order valence-corrected chi connectivity index (χ2v) is 9.89. The van der Waals surface area contributed by atoms with E-state index in [1.165, 1.54) is 12.1 Å². The smallest absolute Gasteiger partial charge is 0.258 e. The van der Waals surface area contributed by atoms with Crippen molar-refractivity contribution in [2.75, 3.05) is 12.0 Å². The Morgan fingerprint density at radius 2 is 1.85 bits per heavy atom. The van der Waals surface area contributed by atoms with Gasteiger partial charge in [0, 0.05) is 23.8 Å². The Bertz CT molecular complexity index is 1310. The molecule has 1 heterocycles. The number of hydrogen-bond acceptors (Lipinski definition) is 4. The highest BCUT2D eigenvalue weighted by atomic mass is 32.2. The predicted octanol–water partition coefficient (Wildman–Crippen LogP) is 4.21. The number of nitrogens with one attached hydrogen (secondary N) is 1. The van der Waals surface area contributed by atoms with Gasteiger partial charge in [0.2, 0.25) is 10.0 Å². The molecule has 8 heteroatoms. The van der Waals surface area contributed by atoms with Crippen LogP contribution in [0.4, 0.5) is 10.1 Å². The summed E-state index contributed by atoms with van der Waals surface area (Å²) in [6, 6.07) is 16.2. The minimum absolute atomic E-state index is 0.0184. The number of carbonyl (C=O) groups excluding carboxylic acids is 1. The average molecular weight is 469 g/mol. The van der Waals surface area contributed by atoms with Crippen LogP contribution in [0.5, 0.6) is 5.75 Å². The number of nitrogens with zero attached hydrogens (tertiary/aromatic N) is 1. The van der Waals surface area contributed by atoms with E-state index in [1.54, 1.807) is 43.2 Å². The van der Waals surface area contributed by atoms with Crippen LogP contribution in [-0.4, -0.2) is 27.5 Å². The van der Waals surface area contributed by atoms with Gasteiger partial charge in [-0.2, -0.15) is 0 Å². The van der Waals surface area contributed by atoms with E-state index >= 15 is 0 Å². The van der Waals surface area contributed by atoms with Crippen molar-refractivity contribution >= 4 is 21.6 Å². The molecule has 1 N–H and O–H groups in total. The lowest BCUT2D eigenvalue weighted by Crippen LogP contribution is -2.35. The number of amides is 1. The number of anilines is 1. The molecule has 6 nitrogen and oxygen atoms in total. The molecule has 1 atom stereocenters. The standard InChI is InChI=1S/C25H25FN2O4S/c1-16-4-9-21(26)14-24(16)33(30,31)27-15-18-5-6-20-12-17(2)28(23(20)13-18)25(29)19-7-10-22(32-3)11-8-19/h4-11,13-14,17,27H,12,15H2,1-3H3/t17-/m1/s1. The largest absolute Gasteiger partial charge is 0.497 e. The van der Waals surface area contributed by atoms with Crippen LogP contribution in [0.25, 0.3) is 0 Å². The Labute approximate surface area is 193 Å². The van der Waals surface area contributed by atoms with E-state index in [-0.39, 0.29) is 23.4 Å². The molecule has 33 heavy (non-hydrogen) atoms. The maximum Gasteiger partial charge on any atom is 0.258 e. The van der Waals surface area contributed by atoms with E-state index in [0.29, 0.717) is 28.9 Å². The Balaban J connectivity index is 1.57. The number of halogens is 1. The minimum Gasteiger partial charge on any atom is -0.497 e. The first kappa shape index (κ1) is 22.9. The number of carbonyl (C=O) groups is 1. The zero-order chi connectivity index (χ0) is 23.8. The second-order valence-electron chi connectivity index (χ2n) is 8.15. The van der Waals surface area contributed by atoms with Crippen molar-refractivity contribution in [1.82, 2.24) is 4.72 Å². The monoisotopic (exact) mass is 468 g/mol. The molecule has 1 aliphatic heterocycles. The maximum absolute atomic E-state index is 13.6. The van der Waals surface area contributed by atoms with Gasteiger partial charge in [-0.3, -0.25) is 4.79 Å². The fourth-order valence-electron chi connectivity index (χ4n) is 4.07. The summed E-state index contributed by atoms with van der Waals surface area (Å²) >= 11 is 0. The average Bonchev–Trinajstić information content (AvgIpc) is 3.13. The molecule has 0 radical (unpaired) electrons. The molecule has 0 unspecified atom stereocenters. The first-order valence-corrected chi connectivity index (χ1v) is 12.0. The van der Waals surface area contributed by atoms with Gasteiger partial charge in [-0.15, -0.1) is 0 Å². The van der Waals surface area contributed by atoms with Crippen LogP contribution in [0.2, 0.25) is 0 Å². The van der Waals surface area contributed by atoms with Gasteiger partial charge in [-0.1, -0.05) is 18.2 Å². The van der Waals surface area contributed by atoms with Gasteiger partial charge >= 0.3 is 0 Å². The maximum atomic E-state index is 13.6. The van der Waals surface area contributed by atoms with Crippen LogP contribution < -0.4 is 14.4 Å². The number of methoxy groups -OCH3 is 1. The van der Waals surface area contributed by atoms with E-state index in [1.807, 2.05) is 25.1 Å². The van der Waals surface area contributed by atoms with Gasteiger partial charge in [-0.25, -0.2) is 17.5 Å². The highest BCUT2D eigenvalue weighted by Crippen LogP contribution is 2.34. The van der Waals surface area contributed by atoms with E-state index in [9.17, 15) is 17.6 Å². The molecule has 0 bridgehead atoms. The lowest BCUT2D eigenvalue weighted by atomic mass is 10.1. The van der Waals surface area contributed by atoms with Crippen LogP contribution in [0.3, 0.4) is 0 Å². The normalized spacial score (nSPS) is 15.4. The minimum atomic E-state index is -3.90. The van der Waals surface area contributed by atoms with Crippen LogP contribution >= 0.6 is 0 Å². The topological polar surface area (TPSA) is 75.7 Å². The molecule has 0 aromatic heterocycles. The van der Waals surface area contributed by atoms with Gasteiger partial charge < -0.3 is 9.64 Å². The lowest BCUT2D eigenvalue weighted by Gasteiger charge is -2.23. The number of ether oxygens (including phenoxy) is 1. The molecule has 0 aliphatic carbocycles. The third-order valence-corrected chi connectivity index (χ3v) is 7.37. The first-order valence-electron chi connectivity index (χ1n) is 10.5. The van der Waals surface area contributed by atoms with Crippen molar-refractivity contribution in [2.45, 2.75) is 37.8 Å². The van der Waals surface area contributed by atoms with Gasteiger partial charge in [0.15, 0.2) is 0 Å². The van der Waals surface area contributed by atoms with Crippen molar-refractivity contribution < 1.29 is 22.3 Å². The van der Waals surface area contributed by atoms with Gasteiger partial charge in [0.05, 0.1) is 12.0 Å². The quantitative estimate of drug-likeness (QED) is 0.588. The number of hydrogen-bond donors (Lipinski definition) is 1. The number of sulfonamides is 1. The summed E-state index contributed by atoms with van der Waals surface area (Å²) < 4.78 is 46.7. The summed E-state index contributed by atoms with van der Waals surface area (Å²) in [6.45, 7) is 3.62. The summed E-state index contributed by atoms with van der Waals surface area (Å²) in [7, 11) is -2.33. The van der Waals surface area contributed by atoms with Gasteiger partial charge in [-0.05, 0) is 79.4 Å². The Kier molecular flexibility index (Phi) is 6.23. The van der Waals surface area contributed by atoms with Crippen LogP contribution in [-0.2, 0) is 23.0 Å². The van der Waals surface area contributed by atoms with Gasteiger partial charge in [0.1, 0.15) is 11.6 Å². The molecule has 3 aromatic carbocycles. The van der Waals surface area contributed by atoms with Crippen molar-refractivity contribution in [3.63, 3.8) is 0 Å². The molecule has 3 aromatic rings. The Hall–Kier alpha value is -3.23. The summed E-state index contributed by atoms with van der Waals surface area (Å²) in [4.78, 5) is 14.9. The van der Waals surface area contributed by atoms with E-state index in [4.69, 9.17) is 4.74 Å². The van der Waals surface area contributed by atoms with E-state index in [0.717, 1.165) is 17.3 Å². The van der Waals surface area contributed by atoms with Crippen molar-refractivity contribution in [3.8, 4) is 5.75 Å². The molecule has 1 aliphatic rings. The molecule has 0 fully saturated rings. The molecular formula is C25H25FN2O4S. The highest BCUT2D eigenvalue weighted by Gasteiger charge is 2.32. The van der Waals surface area contributed by atoms with Crippen LogP contribution in [0.1, 0.15) is 34.0 Å². The van der Waals surface area contributed by atoms with Crippen molar-refractivity contribution in [3.05, 3.63) is 88.7 Å². The Morgan fingerprint density at radius 1 is 1.12 bits per heavy atom. The highest BCUT2D eigenvalue weighted by molar-refractivity contribution is 7.89. The van der Waals surface area contributed by atoms with E-state index < -0.39 is 15.8 Å². The summed E-state index contributed by atoms with van der Waals surface area (Å²) in [5.74, 6) is -0.0678. The summed E-state index contributed by atoms with van der Waals surface area (Å²) in [6.07, 6.45) is 0.714. The molecule has 0 saturated heterocycles. The summed E-state index contributed by atoms with van der Waals surface area (Å²) in [5.41, 5.74) is 3.50. The Morgan fingerprint density at radius 3 is 2.55 bits per heavy atom. The van der Waals surface area contributed by atoms with Crippen LogP contribution in [0.15, 0.2) is 65.6 Å². The molecule has 0 saturated carbocycles. The zero-order valence-electron chi connectivity index (χ0n) is 18.6. The molecule has 4 rings (SSSR count). The number of fused-ring (bicyclic) bond motifs is 1. The first-order chi connectivity index (χ1) is 15.7. The summed E-state index contributed by atoms with van der Waals surface area (Å²) in [5, 5.41) is 0. The fourth-order valence-corrected chi connectivity index (χ4v) is 5.34. The molecule has 0 spiro atoms. The predicted molar refractivity (Wildman–Crippen MR) is 125 cm³/mol. The lowest BCUT2D eigenvalue weighted by molar-refractivity contribution is 0.0981. The number of aryl methyl sites for hydroxylation is 1. The molecular weight excluding hydrogens is 443 g/mol. The van der Waals surface area contributed by atoms with Crippen molar-refractivity contribution in [1.29, 1.82) is 0 Å². The number of benzene rings is 3. The zero-order valence-corrected chi connectivity index (χ0v) is 19.4. The van der Waals surface area contributed by atoms with Crippen molar-refractivity contribution in [2.24, 2.45) is 0 Å². The van der Waals surface area contributed by atoms with Crippen LogP contribution in [0, 0.1) is 12.7 Å². The number of rotatable bonds is 6. The second kappa shape index (κ2) is 8.96. The molecule has 1 amide bonds.